The predicted molar refractivity (Wildman–Crippen MR) is 129 cm³/mol. The lowest BCUT2D eigenvalue weighted by atomic mass is 9.87. The van der Waals surface area contributed by atoms with Crippen LogP contribution >= 0.6 is 0 Å². The van der Waals surface area contributed by atoms with Gasteiger partial charge in [0.25, 0.3) is 0 Å². The molecule has 0 aliphatic carbocycles. The van der Waals surface area contributed by atoms with Crippen LogP contribution in [0.15, 0.2) is 65.2 Å². The Morgan fingerprint density at radius 2 is 1.75 bits per heavy atom. The highest BCUT2D eigenvalue weighted by molar-refractivity contribution is 5.76. The molecule has 1 aliphatic heterocycles. The fourth-order valence-electron chi connectivity index (χ4n) is 4.14. The maximum Gasteiger partial charge on any atom is 0.220 e. The third-order valence-corrected chi connectivity index (χ3v) is 6.14. The molecule has 5 nitrogen and oxygen atoms in total. The van der Waals surface area contributed by atoms with Crippen molar-refractivity contribution in [2.24, 2.45) is 0 Å². The van der Waals surface area contributed by atoms with Gasteiger partial charge in [-0.3, -0.25) is 4.79 Å². The fraction of sp³-hybridized carbons (Fsp3) is 0.407. The van der Waals surface area contributed by atoms with Crippen molar-refractivity contribution in [1.82, 2.24) is 10.3 Å². The van der Waals surface area contributed by atoms with Gasteiger partial charge in [-0.15, -0.1) is 0 Å². The SMILES string of the molecule is CC(C)(C)c1ccc(N2CCC(NC(=O)CCc3ncc(-c4ccccc4)o3)CC2)cc1. The number of aromatic nitrogens is 1. The van der Waals surface area contributed by atoms with Gasteiger partial charge in [0.05, 0.1) is 6.20 Å². The molecule has 4 rings (SSSR count). The number of hydrogen-bond donors (Lipinski definition) is 1. The van der Waals surface area contributed by atoms with Gasteiger partial charge >= 0.3 is 0 Å². The Balaban J connectivity index is 1.21. The van der Waals surface area contributed by atoms with Crippen LogP contribution in [0, 0.1) is 0 Å². The Bertz CT molecular complexity index is 1010. The van der Waals surface area contributed by atoms with Gasteiger partial charge in [0.2, 0.25) is 5.91 Å². The second-order valence-corrected chi connectivity index (χ2v) is 9.61. The van der Waals surface area contributed by atoms with E-state index in [1.165, 1.54) is 11.3 Å². The summed E-state index contributed by atoms with van der Waals surface area (Å²) in [6, 6.07) is 19.0. The summed E-state index contributed by atoms with van der Waals surface area (Å²) < 4.78 is 5.80. The van der Waals surface area contributed by atoms with Gasteiger partial charge in [-0.25, -0.2) is 4.98 Å². The molecule has 2 aromatic carbocycles. The summed E-state index contributed by atoms with van der Waals surface area (Å²) in [4.78, 5) is 19.2. The Morgan fingerprint density at radius 1 is 1.06 bits per heavy atom. The normalized spacial score (nSPS) is 15.0. The van der Waals surface area contributed by atoms with Crippen molar-refractivity contribution in [2.75, 3.05) is 18.0 Å². The third kappa shape index (κ3) is 5.58. The molecule has 5 heteroatoms. The van der Waals surface area contributed by atoms with E-state index >= 15 is 0 Å². The van der Waals surface area contributed by atoms with Gasteiger partial charge in [-0.05, 0) is 36.0 Å². The molecule has 1 N–H and O–H groups in total. The van der Waals surface area contributed by atoms with Crippen molar-refractivity contribution >= 4 is 11.6 Å². The summed E-state index contributed by atoms with van der Waals surface area (Å²) in [5.41, 5.74) is 3.78. The van der Waals surface area contributed by atoms with E-state index in [9.17, 15) is 4.79 Å². The van der Waals surface area contributed by atoms with Crippen molar-refractivity contribution in [3.05, 3.63) is 72.2 Å². The number of piperidine rings is 1. The van der Waals surface area contributed by atoms with Gasteiger partial charge in [0.1, 0.15) is 0 Å². The van der Waals surface area contributed by atoms with Crippen molar-refractivity contribution in [2.45, 2.75) is 57.9 Å². The molecule has 0 saturated carbocycles. The number of benzene rings is 2. The molecule has 32 heavy (non-hydrogen) atoms. The maximum absolute atomic E-state index is 12.5. The first-order valence-corrected chi connectivity index (χ1v) is 11.5. The molecule has 1 fully saturated rings. The topological polar surface area (TPSA) is 58.4 Å². The number of hydrogen-bond acceptors (Lipinski definition) is 4. The maximum atomic E-state index is 12.5. The second-order valence-electron chi connectivity index (χ2n) is 9.61. The molecular formula is C27H33N3O2. The number of rotatable bonds is 6. The van der Waals surface area contributed by atoms with Gasteiger partial charge in [-0.2, -0.15) is 0 Å². The first-order chi connectivity index (χ1) is 15.4. The van der Waals surface area contributed by atoms with E-state index in [4.69, 9.17) is 4.42 Å². The van der Waals surface area contributed by atoms with Crippen molar-refractivity contribution in [1.29, 1.82) is 0 Å². The summed E-state index contributed by atoms with van der Waals surface area (Å²) >= 11 is 0. The zero-order valence-electron chi connectivity index (χ0n) is 19.3. The van der Waals surface area contributed by atoms with E-state index in [1.54, 1.807) is 6.20 Å². The average Bonchev–Trinajstić information content (AvgIpc) is 3.28. The first-order valence-electron chi connectivity index (χ1n) is 11.5. The van der Waals surface area contributed by atoms with E-state index in [1.807, 2.05) is 30.3 Å². The molecule has 0 atom stereocenters. The Morgan fingerprint density at radius 3 is 2.41 bits per heavy atom. The summed E-state index contributed by atoms with van der Waals surface area (Å²) in [7, 11) is 0. The van der Waals surface area contributed by atoms with Crippen LogP contribution in [0.25, 0.3) is 11.3 Å². The molecule has 1 aromatic heterocycles. The van der Waals surface area contributed by atoms with Crippen LogP contribution in [0.4, 0.5) is 5.69 Å². The average molecular weight is 432 g/mol. The molecule has 1 amide bonds. The molecule has 1 aliphatic rings. The number of amides is 1. The summed E-state index contributed by atoms with van der Waals surface area (Å²) in [6.45, 7) is 8.63. The zero-order chi connectivity index (χ0) is 22.6. The highest BCUT2D eigenvalue weighted by Gasteiger charge is 2.22. The number of anilines is 1. The highest BCUT2D eigenvalue weighted by atomic mass is 16.4. The predicted octanol–water partition coefficient (Wildman–Crippen LogP) is 5.36. The molecule has 2 heterocycles. The van der Waals surface area contributed by atoms with Crippen LogP contribution in [-0.2, 0) is 16.6 Å². The van der Waals surface area contributed by atoms with E-state index in [0.717, 1.165) is 37.3 Å². The lowest BCUT2D eigenvalue weighted by Crippen LogP contribution is -2.44. The molecule has 168 valence electrons. The number of aryl methyl sites for hydroxylation is 1. The van der Waals surface area contributed by atoms with E-state index in [-0.39, 0.29) is 17.4 Å². The van der Waals surface area contributed by atoms with Crippen LogP contribution in [0.5, 0.6) is 0 Å². The standard InChI is InChI=1S/C27H33N3O2/c1-27(2,3)21-9-11-23(12-10-21)30-17-15-22(16-18-30)29-25(31)13-14-26-28-19-24(32-26)20-7-5-4-6-8-20/h4-12,19,22H,13-18H2,1-3H3,(H,29,31). The van der Waals surface area contributed by atoms with Gasteiger partial charge < -0.3 is 14.6 Å². The summed E-state index contributed by atoms with van der Waals surface area (Å²) in [6.07, 6.45) is 4.56. The molecule has 0 bridgehead atoms. The number of carbonyl (C=O) groups excluding carboxylic acids is 1. The molecule has 3 aromatic rings. The number of carbonyl (C=O) groups is 1. The first kappa shape index (κ1) is 22.1. The third-order valence-electron chi connectivity index (χ3n) is 6.14. The highest BCUT2D eigenvalue weighted by Crippen LogP contribution is 2.26. The zero-order valence-corrected chi connectivity index (χ0v) is 19.3. The summed E-state index contributed by atoms with van der Waals surface area (Å²) in [5, 5.41) is 3.19. The van der Waals surface area contributed by atoms with Crippen molar-refractivity contribution in [3.63, 3.8) is 0 Å². The van der Waals surface area contributed by atoms with Crippen LogP contribution in [-0.4, -0.2) is 30.0 Å². The van der Waals surface area contributed by atoms with Gasteiger partial charge in [-0.1, -0.05) is 63.2 Å². The smallest absolute Gasteiger partial charge is 0.220 e. The lowest BCUT2D eigenvalue weighted by molar-refractivity contribution is -0.122. The Labute approximate surface area is 190 Å². The van der Waals surface area contributed by atoms with Crippen molar-refractivity contribution < 1.29 is 9.21 Å². The van der Waals surface area contributed by atoms with Crippen molar-refractivity contribution in [3.8, 4) is 11.3 Å². The quantitative estimate of drug-likeness (QED) is 0.571. The van der Waals surface area contributed by atoms with E-state index < -0.39 is 0 Å². The molecule has 1 saturated heterocycles. The number of nitrogens with one attached hydrogen (secondary N) is 1. The molecule has 0 spiro atoms. The minimum absolute atomic E-state index is 0.0671. The Hall–Kier alpha value is -3.08. The fourth-order valence-corrected chi connectivity index (χ4v) is 4.14. The van der Waals surface area contributed by atoms with Gasteiger partial charge in [0.15, 0.2) is 11.7 Å². The summed E-state index contributed by atoms with van der Waals surface area (Å²) in [5.74, 6) is 1.41. The molecule has 0 radical (unpaired) electrons. The number of nitrogens with zero attached hydrogens (tertiary/aromatic N) is 2. The molecular weight excluding hydrogens is 398 g/mol. The van der Waals surface area contributed by atoms with Crippen LogP contribution in [0.2, 0.25) is 0 Å². The minimum Gasteiger partial charge on any atom is -0.441 e. The number of oxazole rings is 1. The monoisotopic (exact) mass is 431 g/mol. The minimum atomic E-state index is 0.0671. The van der Waals surface area contributed by atoms with E-state index in [0.29, 0.717) is 18.7 Å². The van der Waals surface area contributed by atoms with Gasteiger partial charge in [0, 0.05) is 43.2 Å². The van der Waals surface area contributed by atoms with E-state index in [2.05, 4.69) is 60.2 Å². The molecule has 0 unspecified atom stereocenters. The lowest BCUT2D eigenvalue weighted by Gasteiger charge is -2.34. The largest absolute Gasteiger partial charge is 0.441 e. The second kappa shape index (κ2) is 9.60. The Kier molecular flexibility index (Phi) is 6.63. The van der Waals surface area contributed by atoms with Crippen LogP contribution in [0.3, 0.4) is 0 Å². The van der Waals surface area contributed by atoms with Crippen LogP contribution in [0.1, 0.15) is 51.5 Å². The van der Waals surface area contributed by atoms with Crippen LogP contribution < -0.4 is 10.2 Å².